The first-order valence-corrected chi connectivity index (χ1v) is 9.91. The number of carbonyl (C=O) groups is 2. The molecule has 1 aliphatic carbocycles. The molecule has 0 spiro atoms. The fourth-order valence-corrected chi connectivity index (χ4v) is 3.79. The van der Waals surface area contributed by atoms with Gasteiger partial charge in [-0.05, 0) is 55.7 Å². The van der Waals surface area contributed by atoms with E-state index in [9.17, 15) is 9.59 Å². The molecule has 2 N–H and O–H groups in total. The third kappa shape index (κ3) is 4.38. The highest BCUT2D eigenvalue weighted by Crippen LogP contribution is 2.34. The largest absolute Gasteiger partial charge is 0.484 e. The molecule has 1 aliphatic rings. The molecule has 2 aromatic carbocycles. The van der Waals surface area contributed by atoms with Crippen molar-refractivity contribution in [3.05, 3.63) is 52.7 Å². The third-order valence-electron chi connectivity index (χ3n) is 4.86. The molecule has 0 radical (unpaired) electrons. The number of rotatable bonds is 5. The molecule has 0 fully saturated rings. The Kier molecular flexibility index (Phi) is 5.45. The van der Waals surface area contributed by atoms with Gasteiger partial charge in [0.05, 0.1) is 10.7 Å². The van der Waals surface area contributed by atoms with Gasteiger partial charge in [-0.2, -0.15) is 0 Å². The molecule has 0 aliphatic heterocycles. The summed E-state index contributed by atoms with van der Waals surface area (Å²) in [6.07, 6.45) is 4.32. The van der Waals surface area contributed by atoms with Gasteiger partial charge in [0.2, 0.25) is 5.91 Å². The number of carbonyl (C=O) groups excluding carboxylic acids is 2. The van der Waals surface area contributed by atoms with E-state index in [1.54, 1.807) is 18.2 Å². The van der Waals surface area contributed by atoms with Crippen LogP contribution >= 0.6 is 11.6 Å². The highest BCUT2D eigenvalue weighted by atomic mass is 35.5. The predicted molar refractivity (Wildman–Crippen MR) is 113 cm³/mol. The number of hydrogen-bond acceptors (Lipinski definition) is 4. The van der Waals surface area contributed by atoms with E-state index in [1.807, 2.05) is 18.2 Å². The van der Waals surface area contributed by atoms with Crippen LogP contribution < -0.4 is 15.4 Å². The van der Waals surface area contributed by atoms with Gasteiger partial charge in [0, 0.05) is 30.0 Å². The van der Waals surface area contributed by atoms with Crippen LogP contribution in [-0.2, 0) is 22.4 Å². The van der Waals surface area contributed by atoms with E-state index < -0.39 is 0 Å². The lowest BCUT2D eigenvalue weighted by atomic mass is 9.96. The molecule has 0 unspecified atom stereocenters. The van der Waals surface area contributed by atoms with Crippen LogP contribution in [0.1, 0.15) is 31.1 Å². The number of benzene rings is 2. The molecule has 150 valence electrons. The van der Waals surface area contributed by atoms with Gasteiger partial charge in [-0.25, -0.2) is 0 Å². The molecule has 3 aromatic rings. The smallest absolute Gasteiger partial charge is 0.262 e. The van der Waals surface area contributed by atoms with Gasteiger partial charge in [-0.15, -0.1) is 0 Å². The Labute approximate surface area is 173 Å². The minimum Gasteiger partial charge on any atom is -0.484 e. The van der Waals surface area contributed by atoms with Gasteiger partial charge < -0.3 is 19.8 Å². The second-order valence-electron chi connectivity index (χ2n) is 7.08. The summed E-state index contributed by atoms with van der Waals surface area (Å²) >= 11 is 6.13. The summed E-state index contributed by atoms with van der Waals surface area (Å²) in [5.41, 5.74) is 3.14. The first-order valence-electron chi connectivity index (χ1n) is 9.54. The van der Waals surface area contributed by atoms with Crippen molar-refractivity contribution in [2.75, 3.05) is 17.2 Å². The molecular weight excluding hydrogens is 392 g/mol. The zero-order chi connectivity index (χ0) is 20.4. The standard InChI is InChI=1S/C22H21ClN2O4/c1-13(26)24-19-8-6-14(10-18(19)23)25-22(27)12-28-15-7-9-21-17(11-15)16-4-2-3-5-20(16)29-21/h6-11H,2-5,12H2,1H3,(H,24,26)(H,25,27). The van der Waals surface area contributed by atoms with Gasteiger partial charge in [0.25, 0.3) is 5.91 Å². The molecular formula is C22H21ClN2O4. The van der Waals surface area contributed by atoms with E-state index in [0.717, 1.165) is 36.0 Å². The Morgan fingerprint density at radius 3 is 2.72 bits per heavy atom. The van der Waals surface area contributed by atoms with Gasteiger partial charge in [-0.1, -0.05) is 11.6 Å². The fourth-order valence-electron chi connectivity index (χ4n) is 3.56. The molecule has 6 nitrogen and oxygen atoms in total. The van der Waals surface area contributed by atoms with Gasteiger partial charge in [0.1, 0.15) is 17.1 Å². The Balaban J connectivity index is 1.39. The summed E-state index contributed by atoms with van der Waals surface area (Å²) in [6.45, 7) is 1.27. The van der Waals surface area contributed by atoms with Crippen molar-refractivity contribution >= 4 is 45.8 Å². The molecule has 0 bridgehead atoms. The summed E-state index contributed by atoms with van der Waals surface area (Å²) in [6, 6.07) is 10.5. The van der Waals surface area contributed by atoms with E-state index in [0.29, 0.717) is 22.1 Å². The molecule has 0 saturated carbocycles. The van der Waals surface area contributed by atoms with Crippen LogP contribution in [0.5, 0.6) is 5.75 Å². The molecule has 2 amide bonds. The van der Waals surface area contributed by atoms with Gasteiger partial charge in [-0.3, -0.25) is 9.59 Å². The first kappa shape index (κ1) is 19.3. The van der Waals surface area contributed by atoms with Crippen molar-refractivity contribution < 1.29 is 18.7 Å². The van der Waals surface area contributed by atoms with Crippen LogP contribution in [0.4, 0.5) is 11.4 Å². The zero-order valence-corrected chi connectivity index (χ0v) is 16.8. The molecule has 4 rings (SSSR count). The lowest BCUT2D eigenvalue weighted by Crippen LogP contribution is -2.20. The number of aryl methyl sites for hydroxylation is 2. The first-order chi connectivity index (χ1) is 14.0. The van der Waals surface area contributed by atoms with Crippen molar-refractivity contribution in [1.29, 1.82) is 0 Å². The van der Waals surface area contributed by atoms with Crippen LogP contribution in [-0.4, -0.2) is 18.4 Å². The third-order valence-corrected chi connectivity index (χ3v) is 5.17. The predicted octanol–water partition coefficient (Wildman–Crippen LogP) is 4.94. The van der Waals surface area contributed by atoms with Crippen molar-refractivity contribution in [3.8, 4) is 5.75 Å². The number of furan rings is 1. The monoisotopic (exact) mass is 412 g/mol. The fraction of sp³-hybridized carbons (Fsp3) is 0.273. The topological polar surface area (TPSA) is 80.6 Å². The van der Waals surface area contributed by atoms with E-state index in [2.05, 4.69) is 10.6 Å². The SMILES string of the molecule is CC(=O)Nc1ccc(NC(=O)COc2ccc3oc4c(c3c2)CCCC4)cc1Cl. The molecule has 7 heteroatoms. The summed E-state index contributed by atoms with van der Waals surface area (Å²) in [4.78, 5) is 23.4. The summed E-state index contributed by atoms with van der Waals surface area (Å²) < 4.78 is 11.6. The van der Waals surface area contributed by atoms with Crippen LogP contribution in [0.3, 0.4) is 0 Å². The number of hydrogen-bond donors (Lipinski definition) is 2. The number of nitrogens with one attached hydrogen (secondary N) is 2. The number of anilines is 2. The summed E-state index contributed by atoms with van der Waals surface area (Å²) in [7, 11) is 0. The van der Waals surface area contributed by atoms with Crippen LogP contribution in [0.2, 0.25) is 5.02 Å². The minimum absolute atomic E-state index is 0.128. The maximum atomic E-state index is 12.2. The quantitative estimate of drug-likeness (QED) is 0.621. The molecule has 0 atom stereocenters. The van der Waals surface area contributed by atoms with Crippen molar-refractivity contribution in [2.45, 2.75) is 32.6 Å². The Morgan fingerprint density at radius 2 is 1.93 bits per heavy atom. The van der Waals surface area contributed by atoms with Crippen molar-refractivity contribution in [3.63, 3.8) is 0 Å². The van der Waals surface area contributed by atoms with E-state index in [1.165, 1.54) is 18.9 Å². The van der Waals surface area contributed by atoms with Gasteiger partial charge >= 0.3 is 0 Å². The average Bonchev–Trinajstić information content (AvgIpc) is 3.06. The van der Waals surface area contributed by atoms with E-state index >= 15 is 0 Å². The maximum Gasteiger partial charge on any atom is 0.262 e. The summed E-state index contributed by atoms with van der Waals surface area (Å²) in [5, 5.41) is 6.76. The van der Waals surface area contributed by atoms with Crippen molar-refractivity contribution in [1.82, 2.24) is 0 Å². The Hall–Kier alpha value is -2.99. The normalized spacial score (nSPS) is 13.0. The maximum absolute atomic E-state index is 12.2. The lowest BCUT2D eigenvalue weighted by Gasteiger charge is -2.10. The Bertz CT molecular complexity index is 1090. The van der Waals surface area contributed by atoms with E-state index in [4.69, 9.17) is 20.8 Å². The molecule has 29 heavy (non-hydrogen) atoms. The number of fused-ring (bicyclic) bond motifs is 3. The Morgan fingerprint density at radius 1 is 1.10 bits per heavy atom. The van der Waals surface area contributed by atoms with Crippen LogP contribution in [0.15, 0.2) is 40.8 Å². The lowest BCUT2D eigenvalue weighted by molar-refractivity contribution is -0.118. The van der Waals surface area contributed by atoms with Gasteiger partial charge in [0.15, 0.2) is 6.61 Å². The van der Waals surface area contributed by atoms with Crippen LogP contribution in [0.25, 0.3) is 11.0 Å². The van der Waals surface area contributed by atoms with Crippen molar-refractivity contribution in [2.24, 2.45) is 0 Å². The highest BCUT2D eigenvalue weighted by molar-refractivity contribution is 6.34. The van der Waals surface area contributed by atoms with E-state index in [-0.39, 0.29) is 18.4 Å². The highest BCUT2D eigenvalue weighted by Gasteiger charge is 2.18. The van der Waals surface area contributed by atoms with Crippen LogP contribution in [0, 0.1) is 0 Å². The second-order valence-corrected chi connectivity index (χ2v) is 7.49. The number of ether oxygens (including phenoxy) is 1. The zero-order valence-electron chi connectivity index (χ0n) is 16.0. The average molecular weight is 413 g/mol. The molecule has 1 aromatic heterocycles. The minimum atomic E-state index is -0.303. The second kappa shape index (κ2) is 8.17. The molecule has 0 saturated heterocycles. The summed E-state index contributed by atoms with van der Waals surface area (Å²) in [5.74, 6) is 1.18. The molecule has 1 heterocycles. The number of halogens is 1. The number of amides is 2.